The third-order valence-electron chi connectivity index (χ3n) is 2.44. The second-order valence-electron chi connectivity index (χ2n) is 3.64. The minimum atomic E-state index is 0.0335. The molecule has 0 aromatic rings. The van der Waals surface area contributed by atoms with E-state index < -0.39 is 0 Å². The largest absolute Gasteiger partial charge is 0.311 e. The van der Waals surface area contributed by atoms with Crippen LogP contribution in [-0.2, 0) is 4.79 Å². The van der Waals surface area contributed by atoms with Gasteiger partial charge in [0.05, 0.1) is 6.04 Å². The number of unbranched alkanes of at least 4 members (excludes halogenated alkanes) is 4. The monoisotopic (exact) mass is 185 g/mol. The van der Waals surface area contributed by atoms with Crippen LogP contribution in [0.25, 0.3) is 0 Å². The Kier molecular flexibility index (Phi) is 8.00. The van der Waals surface area contributed by atoms with Crippen LogP contribution in [0.2, 0.25) is 0 Å². The summed E-state index contributed by atoms with van der Waals surface area (Å²) < 4.78 is 0. The van der Waals surface area contributed by atoms with E-state index in [2.05, 4.69) is 12.2 Å². The van der Waals surface area contributed by atoms with E-state index in [0.29, 0.717) is 5.78 Å². The highest BCUT2D eigenvalue weighted by Crippen LogP contribution is 2.06. The zero-order valence-corrected chi connectivity index (χ0v) is 9.23. The van der Waals surface area contributed by atoms with Gasteiger partial charge in [0, 0.05) is 6.42 Å². The lowest BCUT2D eigenvalue weighted by Gasteiger charge is -2.07. The van der Waals surface area contributed by atoms with E-state index in [-0.39, 0.29) is 6.04 Å². The molecule has 0 heterocycles. The van der Waals surface area contributed by atoms with Crippen LogP contribution in [0.3, 0.4) is 0 Å². The second-order valence-corrected chi connectivity index (χ2v) is 3.64. The average Bonchev–Trinajstić information content (AvgIpc) is 2.16. The molecule has 0 rings (SSSR count). The molecular weight excluding hydrogens is 162 g/mol. The van der Waals surface area contributed by atoms with Gasteiger partial charge in [0.1, 0.15) is 5.78 Å². The molecule has 2 heteroatoms. The standard InChI is InChI=1S/C11H23NO/c1-4-5-6-7-8-9-11(13)10(2)12-3/h10,12H,4-9H2,1-3H3. The molecule has 0 aromatic heterocycles. The fourth-order valence-electron chi connectivity index (χ4n) is 1.28. The maximum Gasteiger partial charge on any atom is 0.149 e. The topological polar surface area (TPSA) is 29.1 Å². The SMILES string of the molecule is CCCCCCCC(=O)C(C)NC. The smallest absolute Gasteiger partial charge is 0.149 e. The van der Waals surface area contributed by atoms with Crippen LogP contribution in [0.5, 0.6) is 0 Å². The molecular formula is C11H23NO. The highest BCUT2D eigenvalue weighted by Gasteiger charge is 2.08. The van der Waals surface area contributed by atoms with Gasteiger partial charge in [0.25, 0.3) is 0 Å². The lowest BCUT2D eigenvalue weighted by atomic mass is 10.1. The lowest BCUT2D eigenvalue weighted by Crippen LogP contribution is -2.30. The number of nitrogens with one attached hydrogen (secondary N) is 1. The van der Waals surface area contributed by atoms with E-state index in [0.717, 1.165) is 12.8 Å². The van der Waals surface area contributed by atoms with Gasteiger partial charge in [-0.1, -0.05) is 32.6 Å². The molecule has 0 fully saturated rings. The van der Waals surface area contributed by atoms with Gasteiger partial charge in [-0.15, -0.1) is 0 Å². The Hall–Kier alpha value is -0.370. The molecule has 0 aliphatic carbocycles. The first kappa shape index (κ1) is 12.6. The summed E-state index contributed by atoms with van der Waals surface area (Å²) in [5.41, 5.74) is 0. The molecule has 1 atom stereocenters. The van der Waals surface area contributed by atoms with Crippen molar-refractivity contribution < 1.29 is 4.79 Å². The van der Waals surface area contributed by atoms with E-state index in [4.69, 9.17) is 0 Å². The Bertz CT molecular complexity index is 134. The number of ketones is 1. The Morgan fingerprint density at radius 3 is 2.38 bits per heavy atom. The van der Waals surface area contributed by atoms with Crippen LogP contribution in [0.1, 0.15) is 52.4 Å². The molecule has 2 nitrogen and oxygen atoms in total. The van der Waals surface area contributed by atoms with E-state index >= 15 is 0 Å². The molecule has 0 amide bonds. The Labute approximate surface area is 82.1 Å². The molecule has 0 aliphatic heterocycles. The van der Waals surface area contributed by atoms with Crippen molar-refractivity contribution in [3.8, 4) is 0 Å². The van der Waals surface area contributed by atoms with Crippen molar-refractivity contribution in [3.05, 3.63) is 0 Å². The zero-order valence-electron chi connectivity index (χ0n) is 9.23. The molecule has 0 spiro atoms. The molecule has 0 bridgehead atoms. The Morgan fingerprint density at radius 1 is 1.23 bits per heavy atom. The van der Waals surface area contributed by atoms with Crippen molar-refractivity contribution in [2.45, 2.75) is 58.4 Å². The van der Waals surface area contributed by atoms with Gasteiger partial charge in [-0.2, -0.15) is 0 Å². The molecule has 0 aromatic carbocycles. The fraction of sp³-hybridized carbons (Fsp3) is 0.909. The molecule has 1 N–H and O–H groups in total. The molecule has 0 saturated carbocycles. The average molecular weight is 185 g/mol. The van der Waals surface area contributed by atoms with E-state index in [1.165, 1.54) is 25.7 Å². The molecule has 78 valence electrons. The molecule has 0 radical (unpaired) electrons. The van der Waals surface area contributed by atoms with Gasteiger partial charge in [0.2, 0.25) is 0 Å². The summed E-state index contributed by atoms with van der Waals surface area (Å²) in [6, 6.07) is 0.0335. The van der Waals surface area contributed by atoms with Crippen molar-refractivity contribution in [2.24, 2.45) is 0 Å². The van der Waals surface area contributed by atoms with Crippen LogP contribution in [-0.4, -0.2) is 18.9 Å². The number of Topliss-reactive ketones (excluding diaryl/α,β-unsaturated/α-hetero) is 1. The lowest BCUT2D eigenvalue weighted by molar-refractivity contribution is -0.120. The second kappa shape index (κ2) is 8.24. The van der Waals surface area contributed by atoms with E-state index in [1.807, 2.05) is 14.0 Å². The molecule has 0 aliphatic rings. The van der Waals surface area contributed by atoms with Crippen molar-refractivity contribution in [1.82, 2.24) is 5.32 Å². The van der Waals surface area contributed by atoms with Crippen LogP contribution in [0.15, 0.2) is 0 Å². The predicted octanol–water partition coefficient (Wildman–Crippen LogP) is 2.52. The Morgan fingerprint density at radius 2 is 1.85 bits per heavy atom. The van der Waals surface area contributed by atoms with Crippen molar-refractivity contribution in [1.29, 1.82) is 0 Å². The minimum Gasteiger partial charge on any atom is -0.311 e. The van der Waals surface area contributed by atoms with Gasteiger partial charge in [-0.3, -0.25) is 4.79 Å². The number of carbonyl (C=O) groups excluding carboxylic acids is 1. The number of hydrogen-bond acceptors (Lipinski definition) is 2. The molecule has 13 heavy (non-hydrogen) atoms. The maximum absolute atomic E-state index is 11.3. The first-order valence-electron chi connectivity index (χ1n) is 5.42. The number of rotatable bonds is 8. The minimum absolute atomic E-state index is 0.0335. The van der Waals surface area contributed by atoms with Gasteiger partial charge in [-0.25, -0.2) is 0 Å². The maximum atomic E-state index is 11.3. The van der Waals surface area contributed by atoms with Gasteiger partial charge < -0.3 is 5.32 Å². The van der Waals surface area contributed by atoms with E-state index in [1.54, 1.807) is 0 Å². The summed E-state index contributed by atoms with van der Waals surface area (Å²) in [4.78, 5) is 11.3. The molecule has 0 saturated heterocycles. The van der Waals surface area contributed by atoms with E-state index in [9.17, 15) is 4.79 Å². The van der Waals surface area contributed by atoms with Crippen molar-refractivity contribution >= 4 is 5.78 Å². The summed E-state index contributed by atoms with van der Waals surface area (Å²) >= 11 is 0. The summed E-state index contributed by atoms with van der Waals surface area (Å²) in [7, 11) is 1.83. The summed E-state index contributed by atoms with van der Waals surface area (Å²) in [5, 5.41) is 2.97. The zero-order chi connectivity index (χ0) is 10.1. The summed E-state index contributed by atoms with van der Waals surface area (Å²) in [5.74, 6) is 0.346. The summed E-state index contributed by atoms with van der Waals surface area (Å²) in [6.45, 7) is 4.13. The van der Waals surface area contributed by atoms with Gasteiger partial charge in [0.15, 0.2) is 0 Å². The summed E-state index contributed by atoms with van der Waals surface area (Å²) in [6.07, 6.45) is 6.85. The van der Waals surface area contributed by atoms with Crippen LogP contribution < -0.4 is 5.32 Å². The Balaban J connectivity index is 3.27. The number of likely N-dealkylation sites (N-methyl/N-ethyl adjacent to an activating group) is 1. The fourth-order valence-corrected chi connectivity index (χ4v) is 1.28. The highest BCUT2D eigenvalue weighted by molar-refractivity contribution is 5.83. The third-order valence-corrected chi connectivity index (χ3v) is 2.44. The van der Waals surface area contributed by atoms with Crippen LogP contribution in [0.4, 0.5) is 0 Å². The predicted molar refractivity (Wildman–Crippen MR) is 56.9 cm³/mol. The highest BCUT2D eigenvalue weighted by atomic mass is 16.1. The first-order valence-corrected chi connectivity index (χ1v) is 5.42. The van der Waals surface area contributed by atoms with Crippen LogP contribution >= 0.6 is 0 Å². The molecule has 1 unspecified atom stereocenters. The normalized spacial score (nSPS) is 12.8. The first-order chi connectivity index (χ1) is 6.22. The van der Waals surface area contributed by atoms with Crippen molar-refractivity contribution in [3.63, 3.8) is 0 Å². The van der Waals surface area contributed by atoms with Gasteiger partial charge in [-0.05, 0) is 20.4 Å². The van der Waals surface area contributed by atoms with Gasteiger partial charge >= 0.3 is 0 Å². The number of carbonyl (C=O) groups is 1. The third kappa shape index (κ3) is 6.76. The number of hydrogen-bond donors (Lipinski definition) is 1. The quantitative estimate of drug-likeness (QED) is 0.589. The van der Waals surface area contributed by atoms with Crippen molar-refractivity contribution in [2.75, 3.05) is 7.05 Å². The van der Waals surface area contributed by atoms with Crippen LogP contribution in [0, 0.1) is 0 Å².